The molecule has 1 rings (SSSR count). The van der Waals surface area contributed by atoms with E-state index in [1.165, 1.54) is 12.5 Å². The van der Waals surface area contributed by atoms with Gasteiger partial charge in [0.1, 0.15) is 18.6 Å². The minimum atomic E-state index is -1.20. The largest absolute Gasteiger partial charge is 0.480 e. The number of aliphatic carboxylic acids is 1. The summed E-state index contributed by atoms with van der Waals surface area (Å²) in [6.45, 7) is 3.60. The van der Waals surface area contributed by atoms with Gasteiger partial charge in [-0.1, -0.05) is 20.3 Å². The molecule has 4 unspecified atom stereocenters. The Labute approximate surface area is 187 Å². The van der Waals surface area contributed by atoms with E-state index >= 15 is 0 Å². The van der Waals surface area contributed by atoms with Gasteiger partial charge in [0, 0.05) is 18.3 Å². The third-order valence-corrected chi connectivity index (χ3v) is 5.17. The van der Waals surface area contributed by atoms with Gasteiger partial charge in [0.15, 0.2) is 0 Å². The number of imidazole rings is 1. The Bertz CT molecular complexity index is 741. The van der Waals surface area contributed by atoms with E-state index < -0.39 is 48.4 Å². The molecule has 0 radical (unpaired) electrons. The first-order valence-corrected chi connectivity index (χ1v) is 10.7. The monoisotopic (exact) mass is 453 g/mol. The number of nitrogens with zero attached hydrogens (tertiary/aromatic N) is 1. The van der Waals surface area contributed by atoms with Crippen LogP contribution in [0.1, 0.15) is 45.2 Å². The topological polar surface area (TPSA) is 205 Å². The molecule has 0 fully saturated rings. The Hall–Kier alpha value is -2.99. The number of hydrogen-bond donors (Lipinski definition) is 7. The lowest BCUT2D eigenvalue weighted by Crippen LogP contribution is -2.57. The summed E-state index contributed by atoms with van der Waals surface area (Å²) in [6, 6.07) is -2.78. The van der Waals surface area contributed by atoms with Crippen molar-refractivity contribution in [1.82, 2.24) is 25.9 Å². The molecule has 180 valence electrons. The fraction of sp³-hybridized carbons (Fsp3) is 0.650. The van der Waals surface area contributed by atoms with Crippen LogP contribution < -0.4 is 27.4 Å². The van der Waals surface area contributed by atoms with Crippen molar-refractivity contribution in [1.29, 1.82) is 0 Å². The predicted molar refractivity (Wildman–Crippen MR) is 117 cm³/mol. The standard InChI is InChI=1S/C20H35N7O5/c1-3-12(2)17(22)20(32)27-15(8-13-9-23-11-25-13)19(31)26-14(6-4-5-7-21)18(30)24-10-16(28)29/h9,11-12,14-15,17H,3-8,10,21-22H2,1-2H3,(H,23,25)(H,24,30)(H,26,31)(H,27,32)(H,28,29). The van der Waals surface area contributed by atoms with Gasteiger partial charge < -0.3 is 37.5 Å². The third kappa shape index (κ3) is 9.43. The number of carbonyl (C=O) groups is 4. The number of amides is 3. The van der Waals surface area contributed by atoms with Crippen molar-refractivity contribution < 1.29 is 24.3 Å². The molecule has 0 aromatic carbocycles. The predicted octanol–water partition coefficient (Wildman–Crippen LogP) is -1.37. The molecule has 0 saturated heterocycles. The fourth-order valence-electron chi connectivity index (χ4n) is 2.93. The fourth-order valence-corrected chi connectivity index (χ4v) is 2.93. The summed E-state index contributed by atoms with van der Waals surface area (Å²) in [7, 11) is 0. The van der Waals surface area contributed by atoms with E-state index in [-0.39, 0.29) is 18.8 Å². The summed E-state index contributed by atoms with van der Waals surface area (Å²) < 4.78 is 0. The number of carboxylic acid groups (broad SMARTS) is 1. The molecule has 1 aromatic heterocycles. The summed E-state index contributed by atoms with van der Waals surface area (Å²) >= 11 is 0. The van der Waals surface area contributed by atoms with Crippen LogP contribution in [0.4, 0.5) is 0 Å². The molecular weight excluding hydrogens is 418 g/mol. The Morgan fingerprint density at radius 2 is 1.81 bits per heavy atom. The molecule has 0 aliphatic rings. The molecule has 12 heteroatoms. The summed E-state index contributed by atoms with van der Waals surface area (Å²) in [5.41, 5.74) is 12.1. The van der Waals surface area contributed by atoms with Crippen molar-refractivity contribution in [2.45, 2.75) is 64.1 Å². The molecule has 3 amide bonds. The molecule has 1 heterocycles. The Morgan fingerprint density at radius 3 is 2.38 bits per heavy atom. The van der Waals surface area contributed by atoms with Crippen molar-refractivity contribution in [3.8, 4) is 0 Å². The van der Waals surface area contributed by atoms with Gasteiger partial charge in [-0.2, -0.15) is 0 Å². The molecular formula is C20H35N7O5. The zero-order valence-corrected chi connectivity index (χ0v) is 18.6. The average Bonchev–Trinajstić information content (AvgIpc) is 3.28. The zero-order valence-electron chi connectivity index (χ0n) is 18.6. The van der Waals surface area contributed by atoms with Crippen LogP contribution in [0.5, 0.6) is 0 Å². The van der Waals surface area contributed by atoms with Crippen molar-refractivity contribution in [3.63, 3.8) is 0 Å². The van der Waals surface area contributed by atoms with E-state index in [0.717, 1.165) is 0 Å². The van der Waals surface area contributed by atoms with Gasteiger partial charge in [-0.3, -0.25) is 19.2 Å². The van der Waals surface area contributed by atoms with Crippen molar-refractivity contribution in [2.75, 3.05) is 13.1 Å². The Morgan fingerprint density at radius 1 is 1.12 bits per heavy atom. The van der Waals surface area contributed by atoms with Crippen LogP contribution in [0.2, 0.25) is 0 Å². The van der Waals surface area contributed by atoms with Crippen LogP contribution in [0.15, 0.2) is 12.5 Å². The van der Waals surface area contributed by atoms with E-state index in [2.05, 4.69) is 25.9 Å². The van der Waals surface area contributed by atoms with Gasteiger partial charge >= 0.3 is 5.97 Å². The molecule has 4 atom stereocenters. The summed E-state index contributed by atoms with van der Waals surface area (Å²) in [4.78, 5) is 55.6. The van der Waals surface area contributed by atoms with Gasteiger partial charge in [-0.05, 0) is 31.7 Å². The highest BCUT2D eigenvalue weighted by Gasteiger charge is 2.29. The number of nitrogens with two attached hydrogens (primary N) is 2. The highest BCUT2D eigenvalue weighted by Crippen LogP contribution is 2.08. The SMILES string of the molecule is CCC(C)C(N)C(=O)NC(Cc1cnc[nH]1)C(=O)NC(CCCCN)C(=O)NCC(=O)O. The molecule has 0 saturated carbocycles. The first kappa shape index (κ1) is 27.0. The highest BCUT2D eigenvalue weighted by atomic mass is 16.4. The van der Waals surface area contributed by atoms with Crippen LogP contribution in [0.3, 0.4) is 0 Å². The van der Waals surface area contributed by atoms with Crippen molar-refractivity contribution in [3.05, 3.63) is 18.2 Å². The molecule has 9 N–H and O–H groups in total. The van der Waals surface area contributed by atoms with Crippen LogP contribution in [0, 0.1) is 5.92 Å². The number of H-pyrrole nitrogens is 1. The second kappa shape index (κ2) is 14.1. The van der Waals surface area contributed by atoms with Crippen molar-refractivity contribution >= 4 is 23.7 Å². The summed E-state index contributed by atoms with van der Waals surface area (Å²) in [5, 5.41) is 16.4. The lowest BCUT2D eigenvalue weighted by atomic mass is 9.98. The number of unbranched alkanes of at least 4 members (excludes halogenated alkanes) is 1. The number of carboxylic acids is 1. The smallest absolute Gasteiger partial charge is 0.322 e. The lowest BCUT2D eigenvalue weighted by Gasteiger charge is -2.25. The maximum Gasteiger partial charge on any atom is 0.322 e. The maximum atomic E-state index is 13.0. The second-order valence-corrected chi connectivity index (χ2v) is 7.71. The first-order chi connectivity index (χ1) is 15.2. The average molecular weight is 454 g/mol. The molecule has 1 aromatic rings. The van der Waals surface area contributed by atoms with Crippen molar-refractivity contribution in [2.24, 2.45) is 17.4 Å². The Balaban J connectivity index is 2.95. The minimum Gasteiger partial charge on any atom is -0.480 e. The number of aromatic amines is 1. The van der Waals surface area contributed by atoms with E-state index in [0.29, 0.717) is 31.5 Å². The summed E-state index contributed by atoms with van der Waals surface area (Å²) in [5.74, 6) is -2.98. The van der Waals surface area contributed by atoms with Gasteiger partial charge in [0.05, 0.1) is 12.4 Å². The van der Waals surface area contributed by atoms with Crippen LogP contribution in [-0.2, 0) is 25.6 Å². The molecule has 12 nitrogen and oxygen atoms in total. The van der Waals surface area contributed by atoms with Crippen LogP contribution in [0.25, 0.3) is 0 Å². The molecule has 0 aliphatic heterocycles. The molecule has 0 aliphatic carbocycles. The van der Waals surface area contributed by atoms with Gasteiger partial charge in [-0.15, -0.1) is 0 Å². The highest BCUT2D eigenvalue weighted by molar-refractivity contribution is 5.93. The molecule has 0 spiro atoms. The first-order valence-electron chi connectivity index (χ1n) is 10.7. The lowest BCUT2D eigenvalue weighted by molar-refractivity contribution is -0.138. The number of rotatable bonds is 15. The van der Waals surface area contributed by atoms with E-state index in [1.54, 1.807) is 0 Å². The van der Waals surface area contributed by atoms with Gasteiger partial charge in [-0.25, -0.2) is 4.98 Å². The van der Waals surface area contributed by atoms with Crippen LogP contribution in [-0.4, -0.2) is 70.0 Å². The third-order valence-electron chi connectivity index (χ3n) is 5.17. The normalized spacial score (nSPS) is 14.6. The van der Waals surface area contributed by atoms with Crippen LogP contribution >= 0.6 is 0 Å². The van der Waals surface area contributed by atoms with E-state index in [1.807, 2.05) is 13.8 Å². The number of aromatic nitrogens is 2. The Kier molecular flexibility index (Phi) is 12.0. The van der Waals surface area contributed by atoms with Gasteiger partial charge in [0.25, 0.3) is 0 Å². The second-order valence-electron chi connectivity index (χ2n) is 7.71. The number of carbonyl (C=O) groups excluding carboxylic acids is 3. The number of nitrogens with one attached hydrogen (secondary N) is 4. The minimum absolute atomic E-state index is 0.0864. The number of hydrogen-bond acceptors (Lipinski definition) is 7. The van der Waals surface area contributed by atoms with E-state index in [4.69, 9.17) is 16.6 Å². The van der Waals surface area contributed by atoms with Gasteiger partial charge in [0.2, 0.25) is 17.7 Å². The molecule has 0 bridgehead atoms. The van der Waals surface area contributed by atoms with E-state index in [9.17, 15) is 19.2 Å². The maximum absolute atomic E-state index is 13.0. The zero-order chi connectivity index (χ0) is 24.1. The summed E-state index contributed by atoms with van der Waals surface area (Å²) in [6.07, 6.45) is 5.24. The quantitative estimate of drug-likeness (QED) is 0.157. The molecule has 32 heavy (non-hydrogen) atoms.